The molecular formula is C30H34F6O8. The third-order valence-electron chi connectivity index (χ3n) is 6.95. The molecule has 2 N–H and O–H groups in total. The van der Waals surface area contributed by atoms with Gasteiger partial charge in [-0.25, -0.2) is 9.59 Å². The standard InChI is InChI=1S/C30H34F6O8/c1-19(16-17-23(37)26(2,3)40)22(44-25(39)28(42-5,30(34,35)36)21-14-10-7-11-15-21)18-43-24(38)27(41-4,29(31,32)33)20-12-8-6-9-13-20/h6-16,22-23,37,40H,17-18H2,1-5H3/b19-16+/t22-,23-,27-,28-/m1/s1. The number of hydrogen-bond acceptors (Lipinski definition) is 8. The van der Waals surface area contributed by atoms with Gasteiger partial charge < -0.3 is 29.2 Å². The molecule has 2 aromatic carbocycles. The number of halogens is 6. The quantitative estimate of drug-likeness (QED) is 0.177. The van der Waals surface area contributed by atoms with E-state index in [2.05, 4.69) is 4.74 Å². The Kier molecular flexibility index (Phi) is 11.8. The van der Waals surface area contributed by atoms with Crippen LogP contribution in [0.3, 0.4) is 0 Å². The Morgan fingerprint density at radius 2 is 1.20 bits per heavy atom. The van der Waals surface area contributed by atoms with Crippen LogP contribution in [-0.4, -0.2) is 73.1 Å². The molecule has 14 heteroatoms. The van der Waals surface area contributed by atoms with Crippen molar-refractivity contribution in [1.82, 2.24) is 0 Å². The number of aliphatic hydroxyl groups excluding tert-OH is 1. The van der Waals surface area contributed by atoms with Gasteiger partial charge in [0.05, 0.1) is 11.7 Å². The van der Waals surface area contributed by atoms with Crippen molar-refractivity contribution >= 4 is 11.9 Å². The van der Waals surface area contributed by atoms with Crippen molar-refractivity contribution in [2.24, 2.45) is 0 Å². The molecule has 8 nitrogen and oxygen atoms in total. The molecule has 244 valence electrons. The van der Waals surface area contributed by atoms with Gasteiger partial charge >= 0.3 is 24.3 Å². The van der Waals surface area contributed by atoms with E-state index in [9.17, 15) is 46.1 Å². The fraction of sp³-hybridized carbons (Fsp3) is 0.467. The van der Waals surface area contributed by atoms with Crippen LogP contribution in [0.1, 0.15) is 38.3 Å². The number of hydrogen-bond donors (Lipinski definition) is 2. The fourth-order valence-corrected chi connectivity index (χ4v) is 4.22. The third kappa shape index (κ3) is 7.60. The lowest BCUT2D eigenvalue weighted by molar-refractivity contribution is -0.281. The van der Waals surface area contributed by atoms with Gasteiger partial charge in [-0.1, -0.05) is 66.7 Å². The van der Waals surface area contributed by atoms with Crippen LogP contribution in [0, 0.1) is 0 Å². The molecule has 4 atom stereocenters. The van der Waals surface area contributed by atoms with E-state index in [1.54, 1.807) is 0 Å². The second-order valence-corrected chi connectivity index (χ2v) is 10.3. The predicted octanol–water partition coefficient (Wildman–Crippen LogP) is 5.12. The number of alkyl halides is 6. The summed E-state index contributed by atoms with van der Waals surface area (Å²) in [4.78, 5) is 26.4. The maximum Gasteiger partial charge on any atom is 0.432 e. The summed E-state index contributed by atoms with van der Waals surface area (Å²) < 4.78 is 106. The maximum absolute atomic E-state index is 14.5. The summed E-state index contributed by atoms with van der Waals surface area (Å²) in [5, 5.41) is 20.2. The zero-order valence-corrected chi connectivity index (χ0v) is 24.5. The Morgan fingerprint density at radius 1 is 0.795 bits per heavy atom. The zero-order chi connectivity index (χ0) is 33.6. The van der Waals surface area contributed by atoms with E-state index in [1.165, 1.54) is 63.2 Å². The summed E-state index contributed by atoms with van der Waals surface area (Å²) in [7, 11) is 1.24. The van der Waals surface area contributed by atoms with Gasteiger partial charge in [-0.05, 0) is 32.8 Å². The van der Waals surface area contributed by atoms with Gasteiger partial charge in [-0.15, -0.1) is 0 Å². The second-order valence-electron chi connectivity index (χ2n) is 10.3. The molecule has 2 aromatic rings. The average Bonchev–Trinajstić information content (AvgIpc) is 2.94. The Morgan fingerprint density at radius 3 is 1.57 bits per heavy atom. The number of carbonyl (C=O) groups is 2. The molecule has 0 amide bonds. The molecule has 0 saturated carbocycles. The van der Waals surface area contributed by atoms with E-state index in [0.29, 0.717) is 14.2 Å². The van der Waals surface area contributed by atoms with Crippen LogP contribution in [0.5, 0.6) is 0 Å². The van der Waals surface area contributed by atoms with Gasteiger partial charge in [-0.3, -0.25) is 0 Å². The minimum absolute atomic E-state index is 0.121. The summed E-state index contributed by atoms with van der Waals surface area (Å²) in [5.74, 6) is -3.99. The molecule has 0 saturated heterocycles. The van der Waals surface area contributed by atoms with Crippen LogP contribution < -0.4 is 0 Å². The lowest BCUT2D eigenvalue weighted by atomic mass is 9.92. The van der Waals surface area contributed by atoms with E-state index >= 15 is 0 Å². The largest absolute Gasteiger partial charge is 0.459 e. The van der Waals surface area contributed by atoms with Crippen LogP contribution in [-0.2, 0) is 39.7 Å². The van der Waals surface area contributed by atoms with E-state index < -0.39 is 71.0 Å². The van der Waals surface area contributed by atoms with Crippen molar-refractivity contribution in [3.05, 3.63) is 83.4 Å². The lowest BCUT2D eigenvalue weighted by Crippen LogP contribution is -2.54. The van der Waals surface area contributed by atoms with Crippen LogP contribution >= 0.6 is 0 Å². The second kappa shape index (κ2) is 14.1. The molecule has 0 aliphatic carbocycles. The lowest BCUT2D eigenvalue weighted by Gasteiger charge is -2.35. The van der Waals surface area contributed by atoms with Crippen molar-refractivity contribution in [1.29, 1.82) is 0 Å². The van der Waals surface area contributed by atoms with Gasteiger partial charge in [0.25, 0.3) is 11.2 Å². The zero-order valence-electron chi connectivity index (χ0n) is 24.5. The van der Waals surface area contributed by atoms with Crippen molar-refractivity contribution in [2.75, 3.05) is 20.8 Å². The Balaban J connectivity index is 2.56. The highest BCUT2D eigenvalue weighted by molar-refractivity contribution is 5.84. The fourth-order valence-electron chi connectivity index (χ4n) is 4.22. The summed E-state index contributed by atoms with van der Waals surface area (Å²) in [6.45, 7) is 2.59. The Labute approximate surface area is 250 Å². The normalized spacial score (nSPS) is 17.2. The van der Waals surface area contributed by atoms with Crippen LogP contribution in [0.4, 0.5) is 26.3 Å². The van der Waals surface area contributed by atoms with Crippen LogP contribution in [0.2, 0.25) is 0 Å². The van der Waals surface area contributed by atoms with Gasteiger partial charge in [0, 0.05) is 25.3 Å². The van der Waals surface area contributed by atoms with Gasteiger partial charge in [0.2, 0.25) is 0 Å². The average molecular weight is 637 g/mol. The highest BCUT2D eigenvalue weighted by Crippen LogP contribution is 2.44. The Bertz CT molecular complexity index is 1270. The Hall–Kier alpha value is -3.46. The first-order valence-electron chi connectivity index (χ1n) is 13.1. The van der Waals surface area contributed by atoms with Crippen LogP contribution in [0.15, 0.2) is 72.3 Å². The first-order chi connectivity index (χ1) is 20.3. The molecule has 0 heterocycles. The van der Waals surface area contributed by atoms with Gasteiger partial charge in [-0.2, -0.15) is 26.3 Å². The highest BCUT2D eigenvalue weighted by atomic mass is 19.4. The van der Waals surface area contributed by atoms with Crippen molar-refractivity contribution in [2.45, 2.75) is 68.6 Å². The predicted molar refractivity (Wildman–Crippen MR) is 144 cm³/mol. The molecule has 44 heavy (non-hydrogen) atoms. The molecule has 0 aromatic heterocycles. The van der Waals surface area contributed by atoms with E-state index in [1.807, 2.05) is 0 Å². The van der Waals surface area contributed by atoms with E-state index in [4.69, 9.17) is 14.2 Å². The van der Waals surface area contributed by atoms with Gasteiger partial charge in [0.15, 0.2) is 6.10 Å². The number of esters is 2. The molecule has 0 unspecified atom stereocenters. The first kappa shape index (κ1) is 36.7. The molecule has 0 bridgehead atoms. The van der Waals surface area contributed by atoms with E-state index in [0.717, 1.165) is 24.3 Å². The first-order valence-corrected chi connectivity index (χ1v) is 13.1. The van der Waals surface area contributed by atoms with Crippen molar-refractivity contribution in [3.8, 4) is 0 Å². The van der Waals surface area contributed by atoms with Gasteiger partial charge in [0.1, 0.15) is 6.61 Å². The molecule has 0 spiro atoms. The monoisotopic (exact) mass is 636 g/mol. The van der Waals surface area contributed by atoms with Crippen LogP contribution in [0.25, 0.3) is 0 Å². The number of rotatable bonds is 13. The molecule has 0 fully saturated rings. The summed E-state index contributed by atoms with van der Waals surface area (Å²) in [5.41, 5.74) is -10.4. The number of methoxy groups -OCH3 is 2. The summed E-state index contributed by atoms with van der Waals surface area (Å²) in [6.07, 6.45) is -13.2. The third-order valence-corrected chi connectivity index (χ3v) is 6.95. The molecule has 0 aliphatic heterocycles. The smallest absolute Gasteiger partial charge is 0.432 e. The molecule has 2 rings (SSSR count). The van der Waals surface area contributed by atoms with Crippen molar-refractivity contribution in [3.63, 3.8) is 0 Å². The topological polar surface area (TPSA) is 112 Å². The summed E-state index contributed by atoms with van der Waals surface area (Å²) in [6, 6.07) is 11.5. The number of benzene rings is 2. The highest BCUT2D eigenvalue weighted by Gasteiger charge is 2.65. The van der Waals surface area contributed by atoms with Crippen molar-refractivity contribution < 1.29 is 65.1 Å². The molecule has 0 radical (unpaired) electrons. The minimum Gasteiger partial charge on any atom is -0.459 e. The molecular weight excluding hydrogens is 602 g/mol. The summed E-state index contributed by atoms with van der Waals surface area (Å²) >= 11 is 0. The minimum atomic E-state index is -5.38. The molecule has 0 aliphatic rings. The number of ether oxygens (including phenoxy) is 4. The maximum atomic E-state index is 14.5. The van der Waals surface area contributed by atoms with E-state index in [-0.39, 0.29) is 12.0 Å². The SMILES string of the molecule is CO[C@@](C(=O)OC[C@@H](OC(=O)[C@](OC)(c1ccccc1)C(F)(F)F)/C(C)=C/C[C@@H](O)C(C)(C)O)(c1ccccc1)C(F)(F)F. The number of carbonyl (C=O) groups excluding carboxylic acids is 2. The number of aliphatic hydroxyl groups is 2.